The van der Waals surface area contributed by atoms with Crippen molar-refractivity contribution in [1.82, 2.24) is 36.5 Å². The van der Waals surface area contributed by atoms with Gasteiger partial charge < -0.3 is 53.0 Å². The third-order valence-electron chi connectivity index (χ3n) is 8.59. The molecule has 2 saturated heterocycles. The SMILES string of the molecule is NC(N)=NCCCC[C@@H]1NC(=O)CCSSCCNC(=O)[C@@H]2CCCN2C(=O)C(c2c[nH]c3ccccc23)NC(=O)[C@H](CC(=O)O)NC(=O)CNC1=O. The van der Waals surface area contributed by atoms with Crippen molar-refractivity contribution in [2.24, 2.45) is 16.5 Å². The first kappa shape index (κ1) is 40.8. The third kappa shape index (κ3) is 12.3. The molecule has 20 heteroatoms. The van der Waals surface area contributed by atoms with Crippen molar-refractivity contribution >= 4 is 79.9 Å². The largest absolute Gasteiger partial charge is 0.481 e. The van der Waals surface area contributed by atoms with E-state index in [1.54, 1.807) is 30.5 Å². The molecule has 2 aromatic rings. The molecule has 2 aliphatic rings. The Labute approximate surface area is 313 Å². The summed E-state index contributed by atoms with van der Waals surface area (Å²) in [6.45, 7) is 0.247. The van der Waals surface area contributed by atoms with Gasteiger partial charge in [0.15, 0.2) is 5.96 Å². The molecule has 0 saturated carbocycles. The number of H-pyrrole nitrogens is 1. The molecule has 0 spiro atoms. The summed E-state index contributed by atoms with van der Waals surface area (Å²) in [5.74, 6) is -4.32. The number of guanidine groups is 1. The monoisotopic (exact) mass is 774 g/mol. The number of aromatic amines is 1. The number of carbonyl (C=O) groups is 7. The highest BCUT2D eigenvalue weighted by Crippen LogP contribution is 2.29. The number of para-hydroxylation sites is 1. The highest BCUT2D eigenvalue weighted by atomic mass is 33.1. The van der Waals surface area contributed by atoms with Crippen LogP contribution in [0, 0.1) is 0 Å². The number of benzene rings is 1. The summed E-state index contributed by atoms with van der Waals surface area (Å²) < 4.78 is 0. The van der Waals surface area contributed by atoms with Crippen LogP contribution >= 0.6 is 21.6 Å². The number of carbonyl (C=O) groups excluding carboxylic acids is 6. The number of aromatic nitrogens is 1. The smallest absolute Gasteiger partial charge is 0.305 e. The normalized spacial score (nSPS) is 23.2. The Morgan fingerprint density at radius 1 is 0.906 bits per heavy atom. The van der Waals surface area contributed by atoms with E-state index in [0.29, 0.717) is 66.7 Å². The lowest BCUT2D eigenvalue weighted by atomic mass is 10.0. The molecular weight excluding hydrogens is 729 g/mol. The molecule has 0 bridgehead atoms. The second-order valence-electron chi connectivity index (χ2n) is 12.5. The van der Waals surface area contributed by atoms with Gasteiger partial charge in [0.25, 0.3) is 5.91 Å². The average molecular weight is 775 g/mol. The number of nitrogens with two attached hydrogens (primary N) is 2. The van der Waals surface area contributed by atoms with Crippen LogP contribution in [0.5, 0.6) is 0 Å². The number of carboxylic acid groups (broad SMARTS) is 1. The Kier molecular flexibility index (Phi) is 15.6. The highest BCUT2D eigenvalue weighted by Gasteiger charge is 2.40. The van der Waals surface area contributed by atoms with Crippen molar-refractivity contribution in [3.63, 3.8) is 0 Å². The summed E-state index contributed by atoms with van der Waals surface area (Å²) >= 11 is 0. The van der Waals surface area contributed by atoms with Crippen LogP contribution in [0.3, 0.4) is 0 Å². The predicted molar refractivity (Wildman–Crippen MR) is 200 cm³/mol. The minimum absolute atomic E-state index is 0.0700. The number of fused-ring (bicyclic) bond motifs is 2. The zero-order chi connectivity index (χ0) is 38.3. The first-order valence-electron chi connectivity index (χ1n) is 17.3. The van der Waals surface area contributed by atoms with Crippen molar-refractivity contribution in [3.05, 3.63) is 36.0 Å². The Hall–Kier alpha value is -4.98. The summed E-state index contributed by atoms with van der Waals surface area (Å²) in [4.78, 5) is 101. The molecular formula is C33H46N10O8S2. The van der Waals surface area contributed by atoms with Crippen molar-refractivity contribution in [3.8, 4) is 0 Å². The molecule has 1 aromatic carbocycles. The summed E-state index contributed by atoms with van der Waals surface area (Å²) in [7, 11) is 2.89. The van der Waals surface area contributed by atoms with Gasteiger partial charge in [-0.1, -0.05) is 39.8 Å². The molecule has 1 aromatic heterocycles. The average Bonchev–Trinajstić information content (AvgIpc) is 3.78. The number of nitrogens with zero attached hydrogens (tertiary/aromatic N) is 2. The molecule has 4 rings (SSSR count). The van der Waals surface area contributed by atoms with Crippen LogP contribution in [0.2, 0.25) is 0 Å². The predicted octanol–water partition coefficient (Wildman–Crippen LogP) is -0.778. The standard InChI is InChI=1S/C33H46N10O8S2/c34-33(35)37-11-4-3-8-22-29(48)39-18-26(45)41-23(16-27(46)47)30(49)42-28(20-17-38-21-7-2-1-6-19(20)21)32(51)43-13-5-9-24(43)31(50)36-12-15-53-52-14-10-25(44)40-22/h1-2,6-7,17,22-24,28,38H,3-5,8-16,18H2,(H,36,50)(H,39,48)(H,40,44)(H,41,45)(H,42,49)(H,46,47)(H4,34,35,37)/t22-,23-,24-,28?/m0/s1. The van der Waals surface area contributed by atoms with Gasteiger partial charge in [0.2, 0.25) is 29.5 Å². The maximum atomic E-state index is 14.3. The number of unbranched alkanes of at least 4 members (excludes halogenated alkanes) is 1. The summed E-state index contributed by atoms with van der Waals surface area (Å²) in [6.07, 6.45) is 2.99. The van der Waals surface area contributed by atoms with Crippen LogP contribution in [-0.2, 0) is 33.6 Å². The van der Waals surface area contributed by atoms with Crippen LogP contribution in [0.4, 0.5) is 0 Å². The van der Waals surface area contributed by atoms with Crippen molar-refractivity contribution in [2.75, 3.05) is 37.7 Å². The minimum atomic E-state index is -1.64. The lowest BCUT2D eigenvalue weighted by molar-refractivity contribution is -0.143. The second kappa shape index (κ2) is 20.3. The fourth-order valence-electron chi connectivity index (χ4n) is 6.03. The van der Waals surface area contributed by atoms with Gasteiger partial charge in [-0.05, 0) is 38.2 Å². The number of hydrogen-bond donors (Lipinski definition) is 9. The lowest BCUT2D eigenvalue weighted by Crippen LogP contribution is -2.55. The molecule has 18 nitrogen and oxygen atoms in total. The number of hydrogen-bond acceptors (Lipinski definition) is 10. The number of carboxylic acids is 1. The first-order valence-corrected chi connectivity index (χ1v) is 19.8. The number of amides is 6. The molecule has 11 N–H and O–H groups in total. The van der Waals surface area contributed by atoms with E-state index in [4.69, 9.17) is 11.5 Å². The van der Waals surface area contributed by atoms with Gasteiger partial charge >= 0.3 is 5.97 Å². The van der Waals surface area contributed by atoms with E-state index in [-0.39, 0.29) is 37.2 Å². The molecule has 4 atom stereocenters. The van der Waals surface area contributed by atoms with E-state index in [9.17, 15) is 38.7 Å². The number of aliphatic imine (C=N–C) groups is 1. The van der Waals surface area contributed by atoms with E-state index < -0.39 is 66.7 Å². The second-order valence-corrected chi connectivity index (χ2v) is 15.2. The van der Waals surface area contributed by atoms with Crippen molar-refractivity contribution in [1.29, 1.82) is 0 Å². The van der Waals surface area contributed by atoms with Crippen LogP contribution in [-0.4, -0.2) is 118 Å². The fourth-order valence-corrected chi connectivity index (χ4v) is 7.92. The fraction of sp³-hybridized carbons (Fsp3) is 0.515. The van der Waals surface area contributed by atoms with E-state index in [1.807, 2.05) is 0 Å². The third-order valence-corrected chi connectivity index (χ3v) is 11.0. The zero-order valence-corrected chi connectivity index (χ0v) is 30.7. The van der Waals surface area contributed by atoms with E-state index >= 15 is 0 Å². The van der Waals surface area contributed by atoms with E-state index in [0.717, 1.165) is 0 Å². The summed E-state index contributed by atoms with van der Waals surface area (Å²) in [5.41, 5.74) is 11.8. The zero-order valence-electron chi connectivity index (χ0n) is 29.1. The van der Waals surface area contributed by atoms with Gasteiger partial charge in [0, 0.05) is 60.2 Å². The van der Waals surface area contributed by atoms with E-state index in [1.165, 1.54) is 26.5 Å². The molecule has 2 fully saturated rings. The Morgan fingerprint density at radius 3 is 2.43 bits per heavy atom. The lowest BCUT2D eigenvalue weighted by Gasteiger charge is -2.29. The van der Waals surface area contributed by atoms with Gasteiger partial charge in [-0.2, -0.15) is 0 Å². The Morgan fingerprint density at radius 2 is 1.66 bits per heavy atom. The molecule has 0 aliphatic carbocycles. The van der Waals surface area contributed by atoms with Gasteiger partial charge in [0.05, 0.1) is 13.0 Å². The van der Waals surface area contributed by atoms with Gasteiger partial charge in [-0.15, -0.1) is 0 Å². The number of nitrogens with one attached hydrogen (secondary N) is 6. The summed E-state index contributed by atoms with van der Waals surface area (Å²) in [5, 5.41) is 23.3. The molecule has 0 radical (unpaired) electrons. The molecule has 6 amide bonds. The van der Waals surface area contributed by atoms with E-state index in [2.05, 4.69) is 36.6 Å². The topological polar surface area (TPSA) is 283 Å². The van der Waals surface area contributed by atoms with Crippen molar-refractivity contribution in [2.45, 2.75) is 69.1 Å². The van der Waals surface area contributed by atoms with Gasteiger partial charge in [-0.3, -0.25) is 38.6 Å². The summed E-state index contributed by atoms with van der Waals surface area (Å²) in [6, 6.07) is 2.32. The van der Waals surface area contributed by atoms with Crippen LogP contribution < -0.4 is 38.1 Å². The first-order chi connectivity index (χ1) is 25.4. The number of rotatable bonds is 8. The van der Waals surface area contributed by atoms with Crippen LogP contribution in [0.1, 0.15) is 56.6 Å². The Balaban J connectivity index is 1.58. The van der Waals surface area contributed by atoms with Gasteiger partial charge in [0.1, 0.15) is 24.2 Å². The Bertz CT molecular complexity index is 1680. The van der Waals surface area contributed by atoms with Gasteiger partial charge in [-0.25, -0.2) is 0 Å². The molecule has 1 unspecified atom stereocenters. The quantitative estimate of drug-likeness (QED) is 0.0692. The maximum Gasteiger partial charge on any atom is 0.305 e. The molecule has 2 aliphatic heterocycles. The van der Waals surface area contributed by atoms with Crippen molar-refractivity contribution < 1.29 is 38.7 Å². The molecule has 288 valence electrons. The minimum Gasteiger partial charge on any atom is -0.481 e. The van der Waals surface area contributed by atoms with Crippen LogP contribution in [0.15, 0.2) is 35.5 Å². The van der Waals surface area contributed by atoms with Crippen LogP contribution in [0.25, 0.3) is 10.9 Å². The number of aliphatic carboxylic acids is 1. The highest BCUT2D eigenvalue weighted by molar-refractivity contribution is 8.76. The maximum absolute atomic E-state index is 14.3. The molecule has 3 heterocycles. The molecule has 53 heavy (non-hydrogen) atoms.